The second-order valence-corrected chi connectivity index (χ2v) is 9.17. The van der Waals surface area contributed by atoms with E-state index in [0.717, 1.165) is 52.4 Å². The summed E-state index contributed by atoms with van der Waals surface area (Å²) >= 11 is 0. The number of carboxylic acids is 1. The van der Waals surface area contributed by atoms with Gasteiger partial charge < -0.3 is 20.6 Å². The number of nitrogen functional groups attached to an aromatic ring is 1. The second-order valence-electron chi connectivity index (χ2n) is 9.17. The number of nitrogens with two attached hydrogens (primary N) is 2. The van der Waals surface area contributed by atoms with Gasteiger partial charge in [0.15, 0.2) is 0 Å². The minimum Gasteiger partial charge on any atom is -0.490 e. The number of aliphatic carboxylic acids is 1. The lowest BCUT2D eigenvalue weighted by molar-refractivity contribution is -0.137. The molecule has 1 aliphatic rings. The molecule has 2 heterocycles. The van der Waals surface area contributed by atoms with Crippen LogP contribution in [0.5, 0.6) is 5.75 Å². The maximum absolute atomic E-state index is 11.9. The molecule has 5 N–H and O–H groups in total. The quantitative estimate of drug-likeness (QED) is 0.242. The summed E-state index contributed by atoms with van der Waals surface area (Å²) in [4.78, 5) is 18.7. The number of aromatic nitrogens is 1. The van der Waals surface area contributed by atoms with Crippen LogP contribution in [0.25, 0.3) is 0 Å². The molecule has 4 rings (SSSR count). The lowest BCUT2D eigenvalue weighted by Crippen LogP contribution is -2.26. The van der Waals surface area contributed by atoms with Crippen molar-refractivity contribution in [3.05, 3.63) is 82.2 Å². The van der Waals surface area contributed by atoms with Crippen LogP contribution in [0, 0.1) is 13.8 Å². The fraction of sp³-hybridized carbons (Fsp3) is 0.379. The summed E-state index contributed by atoms with van der Waals surface area (Å²) in [7, 11) is 1.73. The summed E-state index contributed by atoms with van der Waals surface area (Å²) in [6, 6.07) is 13.9. The van der Waals surface area contributed by atoms with Crippen LogP contribution in [0.2, 0.25) is 0 Å². The molecule has 2 aromatic carbocycles. The van der Waals surface area contributed by atoms with Crippen LogP contribution in [0.15, 0.2) is 48.7 Å². The number of fused-ring (bicyclic) bond motifs is 1. The molecule has 8 heteroatoms. The number of aryl methyl sites for hydroxylation is 1. The van der Waals surface area contributed by atoms with Crippen LogP contribution in [0.1, 0.15) is 59.7 Å². The Hall–Kier alpha value is -3.62. The molecule has 0 fully saturated rings. The average Bonchev–Trinajstić information content (AvgIpc) is 3.08. The summed E-state index contributed by atoms with van der Waals surface area (Å²) < 4.78 is 5.87. The van der Waals surface area contributed by atoms with Gasteiger partial charge in [-0.3, -0.25) is 14.7 Å². The molecule has 1 atom stereocenters. The highest BCUT2D eigenvalue weighted by atomic mass is 16.5. The Balaban J connectivity index is 0.00000186. The Morgan fingerprint density at radius 3 is 2.68 bits per heavy atom. The summed E-state index contributed by atoms with van der Waals surface area (Å²) in [6.07, 6.45) is 1.76. The molecular formula is C29H39N5O3. The smallest absolute Gasteiger partial charge is 0.304 e. The number of ether oxygens (including phenoxy) is 1. The Morgan fingerprint density at radius 1 is 1.22 bits per heavy atom. The molecule has 0 radical (unpaired) electrons. The molecule has 3 aromatic rings. The van der Waals surface area contributed by atoms with Gasteiger partial charge in [0.05, 0.1) is 23.5 Å². The number of carboxylic acid groups (broad SMARTS) is 1. The monoisotopic (exact) mass is 505 g/mol. The van der Waals surface area contributed by atoms with Gasteiger partial charge in [0.1, 0.15) is 12.4 Å². The highest BCUT2D eigenvalue weighted by Gasteiger charge is 2.24. The third-order valence-electron chi connectivity index (χ3n) is 6.72. The van der Waals surface area contributed by atoms with Crippen molar-refractivity contribution in [2.24, 2.45) is 5.84 Å². The Labute approximate surface area is 219 Å². The molecule has 0 bridgehead atoms. The van der Waals surface area contributed by atoms with E-state index in [1.807, 2.05) is 51.1 Å². The molecular weight excluding hydrogens is 466 g/mol. The molecule has 0 amide bonds. The summed E-state index contributed by atoms with van der Waals surface area (Å²) in [6.45, 7) is 10.8. The van der Waals surface area contributed by atoms with Gasteiger partial charge in [-0.15, -0.1) is 0 Å². The standard InChI is InChI=1S/C27H33N5O3.C2H6/c1-17-6-7-19(13-20(17)15-32-11-12-35-25-5-4-10-30-23(25)16-32)22(14-26(33)34)21-8-9-24(31(3)29)27(28)18(21)2;1-2/h4-10,13,22H,11-12,14-16,28-29H2,1-3H3,(H,33,34);1-2H3/t22-;/m1./s1. The van der Waals surface area contributed by atoms with Crippen molar-refractivity contribution in [3.63, 3.8) is 0 Å². The average molecular weight is 506 g/mol. The first-order valence-corrected chi connectivity index (χ1v) is 12.7. The van der Waals surface area contributed by atoms with E-state index in [1.165, 1.54) is 5.01 Å². The Bertz CT molecular complexity index is 1230. The molecule has 37 heavy (non-hydrogen) atoms. The van der Waals surface area contributed by atoms with E-state index in [4.69, 9.17) is 16.3 Å². The van der Waals surface area contributed by atoms with Gasteiger partial charge in [0.2, 0.25) is 0 Å². The van der Waals surface area contributed by atoms with Crippen molar-refractivity contribution in [1.29, 1.82) is 0 Å². The van der Waals surface area contributed by atoms with Gasteiger partial charge in [-0.1, -0.05) is 38.1 Å². The zero-order valence-corrected chi connectivity index (χ0v) is 22.5. The first-order valence-electron chi connectivity index (χ1n) is 12.7. The van der Waals surface area contributed by atoms with Crippen molar-refractivity contribution in [2.75, 3.05) is 30.9 Å². The van der Waals surface area contributed by atoms with Crippen LogP contribution >= 0.6 is 0 Å². The van der Waals surface area contributed by atoms with Crippen molar-refractivity contribution < 1.29 is 14.6 Å². The molecule has 0 spiro atoms. The highest BCUT2D eigenvalue weighted by Crippen LogP contribution is 2.37. The molecule has 0 aliphatic carbocycles. The van der Waals surface area contributed by atoms with Crippen LogP contribution in [-0.4, -0.2) is 41.2 Å². The third-order valence-corrected chi connectivity index (χ3v) is 6.72. The SMILES string of the molecule is CC.Cc1ccc([C@@H](CC(=O)O)c2ccc(N(C)N)c(N)c2C)cc1CN1CCOc2cccnc2C1. The fourth-order valence-corrected chi connectivity index (χ4v) is 4.70. The second kappa shape index (κ2) is 12.6. The number of hydrogen-bond acceptors (Lipinski definition) is 7. The number of hydrazine groups is 1. The van der Waals surface area contributed by atoms with Crippen LogP contribution in [-0.2, 0) is 17.9 Å². The highest BCUT2D eigenvalue weighted by molar-refractivity contribution is 5.74. The topological polar surface area (TPSA) is 118 Å². The van der Waals surface area contributed by atoms with Gasteiger partial charge in [-0.2, -0.15) is 0 Å². The summed E-state index contributed by atoms with van der Waals surface area (Å²) in [5.74, 6) is 5.55. The maximum Gasteiger partial charge on any atom is 0.304 e. The predicted octanol–water partition coefficient (Wildman–Crippen LogP) is 4.62. The van der Waals surface area contributed by atoms with E-state index in [0.29, 0.717) is 24.5 Å². The van der Waals surface area contributed by atoms with Crippen molar-refractivity contribution in [3.8, 4) is 5.75 Å². The predicted molar refractivity (Wildman–Crippen MR) is 149 cm³/mol. The number of anilines is 2. The van der Waals surface area contributed by atoms with E-state index in [-0.39, 0.29) is 12.3 Å². The van der Waals surface area contributed by atoms with E-state index in [2.05, 4.69) is 28.9 Å². The number of benzene rings is 2. The van der Waals surface area contributed by atoms with Gasteiger partial charge in [-0.05, 0) is 59.9 Å². The first kappa shape index (κ1) is 28.0. The normalized spacial score (nSPS) is 13.9. The number of pyridine rings is 1. The van der Waals surface area contributed by atoms with Crippen molar-refractivity contribution >= 4 is 17.3 Å². The van der Waals surface area contributed by atoms with Crippen molar-refractivity contribution in [2.45, 2.75) is 53.1 Å². The van der Waals surface area contributed by atoms with E-state index < -0.39 is 5.97 Å². The number of hydrogen-bond donors (Lipinski definition) is 3. The van der Waals surface area contributed by atoms with Gasteiger partial charge >= 0.3 is 5.97 Å². The molecule has 198 valence electrons. The lowest BCUT2D eigenvalue weighted by atomic mass is 9.84. The molecule has 0 saturated carbocycles. The summed E-state index contributed by atoms with van der Waals surface area (Å²) in [5, 5.41) is 11.2. The first-order chi connectivity index (χ1) is 17.7. The van der Waals surface area contributed by atoms with E-state index in [9.17, 15) is 9.90 Å². The summed E-state index contributed by atoms with van der Waals surface area (Å²) in [5.41, 5.74) is 13.6. The largest absolute Gasteiger partial charge is 0.490 e. The Kier molecular flexibility index (Phi) is 9.49. The number of carbonyl (C=O) groups is 1. The molecule has 0 saturated heterocycles. The van der Waals surface area contributed by atoms with Crippen LogP contribution < -0.4 is 21.3 Å². The zero-order valence-electron chi connectivity index (χ0n) is 22.5. The van der Waals surface area contributed by atoms with Crippen molar-refractivity contribution in [1.82, 2.24) is 9.88 Å². The van der Waals surface area contributed by atoms with Crippen LogP contribution in [0.3, 0.4) is 0 Å². The molecule has 1 aliphatic heterocycles. The van der Waals surface area contributed by atoms with E-state index >= 15 is 0 Å². The maximum atomic E-state index is 11.9. The lowest BCUT2D eigenvalue weighted by Gasteiger charge is -2.25. The van der Waals surface area contributed by atoms with Gasteiger partial charge in [0.25, 0.3) is 0 Å². The van der Waals surface area contributed by atoms with E-state index in [1.54, 1.807) is 13.2 Å². The fourth-order valence-electron chi connectivity index (χ4n) is 4.70. The minimum absolute atomic E-state index is 0.0323. The number of nitrogens with zero attached hydrogens (tertiary/aromatic N) is 3. The molecule has 8 nitrogen and oxygen atoms in total. The molecule has 1 aromatic heterocycles. The molecule has 0 unspecified atom stereocenters. The van der Waals surface area contributed by atoms with Gasteiger partial charge in [0, 0.05) is 38.8 Å². The van der Waals surface area contributed by atoms with Gasteiger partial charge in [-0.25, -0.2) is 5.84 Å². The number of rotatable bonds is 7. The van der Waals surface area contributed by atoms with Crippen LogP contribution in [0.4, 0.5) is 11.4 Å². The third kappa shape index (κ3) is 6.58. The Morgan fingerprint density at radius 2 is 1.97 bits per heavy atom. The zero-order chi connectivity index (χ0) is 27.1. The minimum atomic E-state index is -0.859.